The smallest absolute Gasteiger partial charge is 0.412 e. The quantitative estimate of drug-likeness (QED) is 0.676. The van der Waals surface area contributed by atoms with Crippen molar-refractivity contribution >= 4 is 11.8 Å². The number of alkyl halides is 1. The predicted molar refractivity (Wildman–Crippen MR) is 59.3 cm³/mol. The maximum atomic E-state index is 13.9. The molecule has 0 bridgehead atoms. The van der Waals surface area contributed by atoms with Gasteiger partial charge in [-0.1, -0.05) is 17.7 Å². The van der Waals surface area contributed by atoms with Crippen LogP contribution >= 0.6 is 0 Å². The molecule has 1 aliphatic rings. The zero-order valence-electron chi connectivity index (χ0n) is 9.58. The number of hydrogen-bond acceptors (Lipinski definition) is 2. The van der Waals surface area contributed by atoms with Gasteiger partial charge in [0.05, 0.1) is 5.69 Å². The van der Waals surface area contributed by atoms with Gasteiger partial charge in [0, 0.05) is 20.4 Å². The Kier molecular flexibility index (Phi) is 2.37. The van der Waals surface area contributed by atoms with Crippen LogP contribution in [-0.4, -0.2) is 19.0 Å². The lowest BCUT2D eigenvalue weighted by molar-refractivity contribution is -0.0734. The number of fused-ring (bicyclic) bond motifs is 1. The summed E-state index contributed by atoms with van der Waals surface area (Å²) < 4.78 is 18.6. The molecular formula is C12H14FNO2. The second-order valence-corrected chi connectivity index (χ2v) is 4.34. The third-order valence-corrected chi connectivity index (χ3v) is 2.68. The predicted octanol–water partition coefficient (Wildman–Crippen LogP) is 2.81. The SMILES string of the molecule is Cc1ccc2c(c1)CC(C)(F)OC(=O)N2C. The number of carbonyl (C=O) groups is 1. The van der Waals surface area contributed by atoms with Crippen molar-refractivity contribution < 1.29 is 13.9 Å². The number of hydrogen-bond donors (Lipinski definition) is 0. The van der Waals surface area contributed by atoms with Crippen molar-refractivity contribution in [1.82, 2.24) is 0 Å². The van der Waals surface area contributed by atoms with Crippen LogP contribution in [0.5, 0.6) is 0 Å². The number of cyclic esters (lactones) is 1. The third kappa shape index (κ3) is 1.87. The molecule has 1 heterocycles. The summed E-state index contributed by atoms with van der Waals surface area (Å²) in [6.07, 6.45) is -0.576. The second-order valence-electron chi connectivity index (χ2n) is 4.34. The highest BCUT2D eigenvalue weighted by atomic mass is 19.2. The van der Waals surface area contributed by atoms with Crippen molar-refractivity contribution in [2.75, 3.05) is 11.9 Å². The number of ether oxygens (including phenoxy) is 1. The molecule has 0 radical (unpaired) electrons. The van der Waals surface area contributed by atoms with Crippen molar-refractivity contribution in [3.05, 3.63) is 29.3 Å². The second kappa shape index (κ2) is 3.47. The molecule has 1 aromatic rings. The zero-order chi connectivity index (χ0) is 11.9. The lowest BCUT2D eigenvalue weighted by Crippen LogP contribution is -2.32. The van der Waals surface area contributed by atoms with Crippen LogP contribution in [0.3, 0.4) is 0 Å². The summed E-state index contributed by atoms with van der Waals surface area (Å²) in [5, 5.41) is 0. The topological polar surface area (TPSA) is 29.5 Å². The van der Waals surface area contributed by atoms with E-state index in [4.69, 9.17) is 4.74 Å². The summed E-state index contributed by atoms with van der Waals surface area (Å²) in [6.45, 7) is 3.21. The van der Waals surface area contributed by atoms with Crippen molar-refractivity contribution in [3.63, 3.8) is 0 Å². The molecular weight excluding hydrogens is 209 g/mol. The van der Waals surface area contributed by atoms with Crippen LogP contribution in [0.1, 0.15) is 18.1 Å². The fourth-order valence-corrected chi connectivity index (χ4v) is 1.91. The molecule has 0 fully saturated rings. The maximum absolute atomic E-state index is 13.9. The Morgan fingerprint density at radius 1 is 1.50 bits per heavy atom. The lowest BCUT2D eigenvalue weighted by atomic mass is 10.0. The largest absolute Gasteiger partial charge is 0.416 e. The number of amides is 1. The zero-order valence-corrected chi connectivity index (χ0v) is 9.58. The van der Waals surface area contributed by atoms with Crippen LogP contribution in [-0.2, 0) is 11.2 Å². The van der Waals surface area contributed by atoms with Gasteiger partial charge in [0.1, 0.15) is 0 Å². The number of rotatable bonds is 0. The minimum Gasteiger partial charge on any atom is -0.412 e. The summed E-state index contributed by atoms with van der Waals surface area (Å²) >= 11 is 0. The Balaban J connectivity index is 2.54. The number of benzene rings is 1. The highest BCUT2D eigenvalue weighted by Gasteiger charge is 2.35. The highest BCUT2D eigenvalue weighted by Crippen LogP contribution is 2.32. The summed E-state index contributed by atoms with van der Waals surface area (Å²) in [5.74, 6) is -1.94. The van der Waals surface area contributed by atoms with E-state index in [1.807, 2.05) is 25.1 Å². The van der Waals surface area contributed by atoms with E-state index >= 15 is 0 Å². The molecule has 0 aliphatic carbocycles. The molecule has 0 spiro atoms. The number of carbonyl (C=O) groups excluding carboxylic acids is 1. The van der Waals surface area contributed by atoms with Gasteiger partial charge in [-0.25, -0.2) is 4.79 Å². The molecule has 0 saturated carbocycles. The van der Waals surface area contributed by atoms with Crippen molar-refractivity contribution in [2.45, 2.75) is 26.1 Å². The number of aryl methyl sites for hydroxylation is 1. The summed E-state index contributed by atoms with van der Waals surface area (Å²) in [5.41, 5.74) is 2.53. The van der Waals surface area contributed by atoms with Gasteiger partial charge in [0.25, 0.3) is 5.85 Å². The highest BCUT2D eigenvalue weighted by molar-refractivity contribution is 5.89. The van der Waals surface area contributed by atoms with Gasteiger partial charge >= 0.3 is 6.09 Å². The van der Waals surface area contributed by atoms with Crippen LogP contribution in [0.4, 0.5) is 14.9 Å². The van der Waals surface area contributed by atoms with E-state index in [0.29, 0.717) is 5.69 Å². The van der Waals surface area contributed by atoms with Gasteiger partial charge in [-0.2, -0.15) is 4.39 Å². The van der Waals surface area contributed by atoms with E-state index in [1.165, 1.54) is 11.8 Å². The van der Waals surface area contributed by atoms with Gasteiger partial charge in [0.2, 0.25) is 0 Å². The summed E-state index contributed by atoms with van der Waals surface area (Å²) in [4.78, 5) is 12.9. The Morgan fingerprint density at radius 3 is 2.88 bits per heavy atom. The minimum atomic E-state index is -1.94. The average molecular weight is 223 g/mol. The monoisotopic (exact) mass is 223 g/mol. The van der Waals surface area contributed by atoms with Crippen molar-refractivity contribution in [1.29, 1.82) is 0 Å². The van der Waals surface area contributed by atoms with Crippen molar-refractivity contribution in [3.8, 4) is 0 Å². The van der Waals surface area contributed by atoms with E-state index < -0.39 is 11.9 Å². The first-order valence-electron chi connectivity index (χ1n) is 5.14. The van der Waals surface area contributed by atoms with Gasteiger partial charge in [-0.05, 0) is 18.6 Å². The minimum absolute atomic E-state index is 0.0834. The number of nitrogens with zero attached hydrogens (tertiary/aromatic N) is 1. The first kappa shape index (κ1) is 10.9. The first-order chi connectivity index (χ1) is 7.39. The third-order valence-electron chi connectivity index (χ3n) is 2.68. The van der Waals surface area contributed by atoms with Crippen LogP contribution in [0.2, 0.25) is 0 Å². The normalized spacial score (nSPS) is 24.8. The molecule has 86 valence electrons. The molecule has 1 amide bonds. The molecule has 4 heteroatoms. The molecule has 0 N–H and O–H groups in total. The van der Waals surface area contributed by atoms with E-state index in [2.05, 4.69) is 0 Å². The Bertz CT molecular complexity index is 443. The Labute approximate surface area is 93.8 Å². The average Bonchev–Trinajstić information content (AvgIpc) is 2.22. The molecule has 3 nitrogen and oxygen atoms in total. The lowest BCUT2D eigenvalue weighted by Gasteiger charge is -2.18. The molecule has 1 unspecified atom stereocenters. The van der Waals surface area contributed by atoms with Gasteiger partial charge in [-0.3, -0.25) is 4.90 Å². The summed E-state index contributed by atoms with van der Waals surface area (Å²) in [7, 11) is 1.58. The van der Waals surface area contributed by atoms with Gasteiger partial charge in [0.15, 0.2) is 0 Å². The standard InChI is InChI=1S/C12H14FNO2/c1-8-4-5-10-9(6-8)7-12(2,13)16-11(15)14(10)3/h4-6H,7H2,1-3H3. The molecule has 16 heavy (non-hydrogen) atoms. The molecule has 1 aliphatic heterocycles. The fourth-order valence-electron chi connectivity index (χ4n) is 1.91. The van der Waals surface area contributed by atoms with Gasteiger partial charge < -0.3 is 4.74 Å². The number of anilines is 1. The van der Waals surface area contributed by atoms with E-state index in [9.17, 15) is 9.18 Å². The van der Waals surface area contributed by atoms with E-state index in [1.54, 1.807) is 7.05 Å². The van der Waals surface area contributed by atoms with E-state index in [-0.39, 0.29) is 6.42 Å². The Hall–Kier alpha value is -1.58. The first-order valence-corrected chi connectivity index (χ1v) is 5.14. The van der Waals surface area contributed by atoms with Crippen molar-refractivity contribution in [2.24, 2.45) is 0 Å². The fraction of sp³-hybridized carbons (Fsp3) is 0.417. The number of halogens is 1. The molecule has 2 rings (SSSR count). The maximum Gasteiger partial charge on any atom is 0.416 e. The van der Waals surface area contributed by atoms with Gasteiger partial charge in [-0.15, -0.1) is 0 Å². The van der Waals surface area contributed by atoms with E-state index in [0.717, 1.165) is 11.1 Å². The molecule has 0 aromatic heterocycles. The molecule has 1 atom stereocenters. The van der Waals surface area contributed by atoms with Crippen LogP contribution in [0.15, 0.2) is 18.2 Å². The Morgan fingerprint density at radius 2 is 2.19 bits per heavy atom. The summed E-state index contributed by atoms with van der Waals surface area (Å²) in [6, 6.07) is 5.59. The van der Waals surface area contributed by atoms with Crippen LogP contribution < -0.4 is 4.90 Å². The molecule has 0 saturated heterocycles. The molecule has 1 aromatic carbocycles. The van der Waals surface area contributed by atoms with Crippen LogP contribution in [0.25, 0.3) is 0 Å². The van der Waals surface area contributed by atoms with Crippen LogP contribution in [0, 0.1) is 6.92 Å².